The lowest BCUT2D eigenvalue weighted by molar-refractivity contribution is -0.188. The molecule has 6 heteroatoms. The van der Waals surface area contributed by atoms with Crippen LogP contribution in [0, 0.1) is 0 Å². The van der Waals surface area contributed by atoms with Gasteiger partial charge in [-0.15, -0.1) is 0 Å². The van der Waals surface area contributed by atoms with E-state index in [1.165, 1.54) is 19.1 Å². The Hall–Kier alpha value is -1.14. The van der Waals surface area contributed by atoms with Gasteiger partial charge in [-0.2, -0.15) is 0 Å². The van der Waals surface area contributed by atoms with Gasteiger partial charge in [0, 0.05) is 20.6 Å². The molecule has 2 bridgehead atoms. The zero-order valence-electron chi connectivity index (χ0n) is 10.7. The molecule has 0 aliphatic carbocycles. The second-order valence-electron chi connectivity index (χ2n) is 4.93. The van der Waals surface area contributed by atoms with Crippen molar-refractivity contribution < 1.29 is 23.8 Å². The fourth-order valence-corrected chi connectivity index (χ4v) is 2.84. The molecule has 2 fully saturated rings. The van der Waals surface area contributed by atoms with E-state index in [9.17, 15) is 9.59 Å². The third-order valence-electron chi connectivity index (χ3n) is 4.02. The Morgan fingerprint density at radius 2 is 2.00 bits per heavy atom. The van der Waals surface area contributed by atoms with Gasteiger partial charge in [-0.1, -0.05) is 0 Å². The van der Waals surface area contributed by atoms with Crippen LogP contribution in [0.25, 0.3) is 0 Å². The minimum atomic E-state index is -1.68. The number of amides is 1. The number of ether oxygens (including phenoxy) is 3. The molecule has 2 heterocycles. The first-order valence-corrected chi connectivity index (χ1v) is 5.39. The van der Waals surface area contributed by atoms with E-state index in [0.29, 0.717) is 6.42 Å². The van der Waals surface area contributed by atoms with Crippen molar-refractivity contribution >= 4 is 11.9 Å². The zero-order chi connectivity index (χ0) is 13.1. The van der Waals surface area contributed by atoms with Gasteiger partial charge in [0.05, 0.1) is 7.11 Å². The fourth-order valence-electron chi connectivity index (χ4n) is 2.84. The summed E-state index contributed by atoms with van der Waals surface area (Å²) in [6, 6.07) is 0. The maximum Gasteiger partial charge on any atom is 0.351 e. The molecule has 17 heavy (non-hydrogen) atoms. The van der Waals surface area contributed by atoms with Crippen molar-refractivity contribution in [3.8, 4) is 0 Å². The number of hydrogen-bond acceptors (Lipinski definition) is 5. The van der Waals surface area contributed by atoms with E-state index in [1.54, 1.807) is 20.9 Å². The highest BCUT2D eigenvalue weighted by Gasteiger charge is 2.78. The van der Waals surface area contributed by atoms with E-state index in [2.05, 4.69) is 0 Å². The molecule has 1 amide bonds. The minimum absolute atomic E-state index is 0.414. The van der Waals surface area contributed by atoms with Gasteiger partial charge >= 0.3 is 5.97 Å². The van der Waals surface area contributed by atoms with Crippen LogP contribution in [0.3, 0.4) is 0 Å². The van der Waals surface area contributed by atoms with Gasteiger partial charge in [0.25, 0.3) is 11.5 Å². The number of likely N-dealkylation sites (N-methyl/N-ethyl adjacent to an activating group) is 1. The lowest BCUT2D eigenvalue weighted by Crippen LogP contribution is -2.65. The highest BCUT2D eigenvalue weighted by molar-refractivity contribution is 6.10. The van der Waals surface area contributed by atoms with E-state index in [-0.39, 0.29) is 0 Å². The number of carbonyl (C=O) groups is 2. The molecular weight excluding hydrogens is 226 g/mol. The van der Waals surface area contributed by atoms with Crippen LogP contribution in [0.15, 0.2) is 0 Å². The van der Waals surface area contributed by atoms with Gasteiger partial charge in [-0.25, -0.2) is 4.79 Å². The van der Waals surface area contributed by atoms with Gasteiger partial charge in [0.2, 0.25) is 0 Å². The van der Waals surface area contributed by atoms with Crippen molar-refractivity contribution in [2.45, 2.75) is 37.2 Å². The largest absolute Gasteiger partial charge is 0.466 e. The van der Waals surface area contributed by atoms with Crippen molar-refractivity contribution in [3.05, 3.63) is 0 Å². The van der Waals surface area contributed by atoms with Crippen LogP contribution in [-0.4, -0.2) is 55.0 Å². The third-order valence-corrected chi connectivity index (χ3v) is 4.02. The quantitative estimate of drug-likeness (QED) is 0.501. The summed E-state index contributed by atoms with van der Waals surface area (Å²) in [6.07, 6.45) is 0.424. The maximum absolute atomic E-state index is 12.3. The van der Waals surface area contributed by atoms with E-state index < -0.39 is 28.8 Å². The average Bonchev–Trinajstić information content (AvgIpc) is 2.66. The molecule has 96 valence electrons. The van der Waals surface area contributed by atoms with E-state index in [0.717, 1.165) is 0 Å². The summed E-state index contributed by atoms with van der Waals surface area (Å²) in [4.78, 5) is 25.7. The number of carbonyl (C=O) groups excluding carboxylic acids is 2. The van der Waals surface area contributed by atoms with Crippen LogP contribution >= 0.6 is 0 Å². The molecule has 0 saturated carbocycles. The summed E-state index contributed by atoms with van der Waals surface area (Å²) in [5, 5.41) is 0. The van der Waals surface area contributed by atoms with Crippen molar-refractivity contribution in [1.82, 2.24) is 4.90 Å². The Balaban J connectivity index is 2.59. The number of nitrogens with zero attached hydrogens (tertiary/aromatic N) is 1. The zero-order valence-corrected chi connectivity index (χ0v) is 10.7. The third kappa shape index (κ3) is 1.12. The second kappa shape index (κ2) is 3.20. The Morgan fingerprint density at radius 3 is 2.41 bits per heavy atom. The van der Waals surface area contributed by atoms with Crippen LogP contribution in [0.5, 0.6) is 0 Å². The summed E-state index contributed by atoms with van der Waals surface area (Å²) < 4.78 is 15.8. The van der Waals surface area contributed by atoms with Crippen LogP contribution in [0.1, 0.15) is 20.3 Å². The fraction of sp³-hybridized carbons (Fsp3) is 0.818. The first-order chi connectivity index (χ1) is 7.77. The normalized spacial score (nSPS) is 44.3. The molecule has 2 saturated heterocycles. The number of rotatable bonds is 2. The van der Waals surface area contributed by atoms with E-state index in [1.807, 2.05) is 0 Å². The predicted octanol–water partition coefficient (Wildman–Crippen LogP) is -0.0882. The molecule has 2 rings (SSSR count). The SMILES string of the molecule is COC(=O)[C@]12O[C@](C)(C[C@]1(C)OC)N(C)C2=O. The Morgan fingerprint density at radius 1 is 1.41 bits per heavy atom. The standard InChI is InChI=1S/C11H17NO5/c1-9(16-5)6-10(2)12(3)7(13)11(9,17-10)8(14)15-4/h6H2,1-5H3/t9-,10+,11-/m0/s1. The van der Waals surface area contributed by atoms with Crippen molar-refractivity contribution in [3.63, 3.8) is 0 Å². The van der Waals surface area contributed by atoms with Gasteiger partial charge in [0.15, 0.2) is 0 Å². The summed E-state index contributed by atoms with van der Waals surface area (Å²) in [5.41, 5.74) is -3.51. The van der Waals surface area contributed by atoms with Gasteiger partial charge in [-0.05, 0) is 13.8 Å². The monoisotopic (exact) mass is 243 g/mol. The molecule has 6 nitrogen and oxygen atoms in total. The smallest absolute Gasteiger partial charge is 0.351 e. The van der Waals surface area contributed by atoms with Crippen molar-refractivity contribution in [1.29, 1.82) is 0 Å². The number of esters is 1. The summed E-state index contributed by atoms with van der Waals surface area (Å²) in [5.74, 6) is -1.12. The molecule has 0 spiro atoms. The highest BCUT2D eigenvalue weighted by Crippen LogP contribution is 2.55. The van der Waals surface area contributed by atoms with Crippen molar-refractivity contribution in [2.24, 2.45) is 0 Å². The summed E-state index contributed by atoms with van der Waals surface area (Å²) >= 11 is 0. The van der Waals surface area contributed by atoms with Crippen LogP contribution < -0.4 is 0 Å². The highest BCUT2D eigenvalue weighted by atomic mass is 16.6. The van der Waals surface area contributed by atoms with Crippen molar-refractivity contribution in [2.75, 3.05) is 21.3 Å². The summed E-state index contributed by atoms with van der Waals surface area (Å²) in [6.45, 7) is 3.46. The van der Waals surface area contributed by atoms with Gasteiger partial charge < -0.3 is 19.1 Å². The maximum atomic E-state index is 12.3. The lowest BCUT2D eigenvalue weighted by atomic mass is 9.78. The number of piperidine rings is 1. The molecule has 3 atom stereocenters. The van der Waals surface area contributed by atoms with Gasteiger partial charge in [0.1, 0.15) is 11.3 Å². The summed E-state index contributed by atoms with van der Waals surface area (Å²) in [7, 11) is 4.31. The molecule has 0 aromatic heterocycles. The molecular formula is C11H17NO5. The lowest BCUT2D eigenvalue weighted by Gasteiger charge is -2.40. The predicted molar refractivity (Wildman–Crippen MR) is 57.0 cm³/mol. The number of hydrogen-bond donors (Lipinski definition) is 0. The Bertz CT molecular complexity index is 397. The second-order valence-corrected chi connectivity index (χ2v) is 4.93. The first-order valence-electron chi connectivity index (χ1n) is 5.39. The minimum Gasteiger partial charge on any atom is -0.466 e. The number of methoxy groups -OCH3 is 2. The topological polar surface area (TPSA) is 65.1 Å². The van der Waals surface area contributed by atoms with Crippen LogP contribution in [-0.2, 0) is 23.8 Å². The van der Waals surface area contributed by atoms with Crippen LogP contribution in [0.4, 0.5) is 0 Å². The molecule has 2 aliphatic heterocycles. The number of fused-ring (bicyclic) bond motifs is 2. The molecule has 0 radical (unpaired) electrons. The molecule has 0 aromatic rings. The average molecular weight is 243 g/mol. The molecule has 0 N–H and O–H groups in total. The van der Waals surface area contributed by atoms with Crippen LogP contribution in [0.2, 0.25) is 0 Å². The first kappa shape index (κ1) is 12.3. The van der Waals surface area contributed by atoms with Gasteiger partial charge in [-0.3, -0.25) is 4.79 Å². The van der Waals surface area contributed by atoms with E-state index in [4.69, 9.17) is 14.2 Å². The Labute approximate surface area is 99.8 Å². The molecule has 0 aromatic carbocycles. The number of likely N-dealkylation sites (tertiary alicyclic amines) is 1. The van der Waals surface area contributed by atoms with E-state index >= 15 is 0 Å². The molecule has 0 unspecified atom stereocenters. The molecule has 2 aliphatic rings. The Kier molecular flexibility index (Phi) is 2.32.